The van der Waals surface area contributed by atoms with Crippen molar-refractivity contribution in [3.05, 3.63) is 60.2 Å². The second-order valence-electron chi connectivity index (χ2n) is 4.77. The predicted molar refractivity (Wildman–Crippen MR) is 77.7 cm³/mol. The Balaban J connectivity index is 2.10. The molecule has 2 rings (SSSR count). The first-order chi connectivity index (χ1) is 9.99. The van der Waals surface area contributed by atoms with Crippen molar-refractivity contribution >= 4 is 0 Å². The molecule has 1 atom stereocenters. The molecule has 0 aromatic heterocycles. The SMILES string of the molecule is NCC(NCC(F)(F)F)c1ccc(-c2ccccc2)cc1. The van der Waals surface area contributed by atoms with Crippen LogP contribution in [0.2, 0.25) is 0 Å². The van der Waals surface area contributed by atoms with Crippen molar-refractivity contribution in [3.8, 4) is 11.1 Å². The maximum atomic E-state index is 12.3. The number of hydrogen-bond donors (Lipinski definition) is 2. The summed E-state index contributed by atoms with van der Waals surface area (Å²) >= 11 is 0. The molecule has 3 N–H and O–H groups in total. The molecule has 0 fully saturated rings. The van der Waals surface area contributed by atoms with Crippen molar-refractivity contribution in [2.45, 2.75) is 12.2 Å². The molecule has 1 unspecified atom stereocenters. The van der Waals surface area contributed by atoms with E-state index in [0.29, 0.717) is 0 Å². The molecule has 0 bridgehead atoms. The van der Waals surface area contributed by atoms with Crippen LogP contribution in [0.4, 0.5) is 13.2 Å². The van der Waals surface area contributed by atoms with Crippen LogP contribution < -0.4 is 11.1 Å². The van der Waals surface area contributed by atoms with Crippen molar-refractivity contribution in [1.29, 1.82) is 0 Å². The summed E-state index contributed by atoms with van der Waals surface area (Å²) in [5.74, 6) is 0. The summed E-state index contributed by atoms with van der Waals surface area (Å²) in [6.45, 7) is -0.934. The van der Waals surface area contributed by atoms with Crippen LogP contribution in [0.1, 0.15) is 11.6 Å². The Morgan fingerprint density at radius 1 is 0.905 bits per heavy atom. The minimum atomic E-state index is -4.24. The van der Waals surface area contributed by atoms with Gasteiger partial charge in [-0.05, 0) is 16.7 Å². The van der Waals surface area contributed by atoms with Gasteiger partial charge in [-0.25, -0.2) is 0 Å². The fourth-order valence-electron chi connectivity index (χ4n) is 2.11. The highest BCUT2D eigenvalue weighted by atomic mass is 19.4. The van der Waals surface area contributed by atoms with Crippen LogP contribution in [0.5, 0.6) is 0 Å². The van der Waals surface area contributed by atoms with Crippen LogP contribution >= 0.6 is 0 Å². The summed E-state index contributed by atoms with van der Waals surface area (Å²) in [6, 6.07) is 16.7. The van der Waals surface area contributed by atoms with E-state index >= 15 is 0 Å². The number of hydrogen-bond acceptors (Lipinski definition) is 2. The van der Waals surface area contributed by atoms with E-state index in [4.69, 9.17) is 5.73 Å². The van der Waals surface area contributed by atoms with Crippen LogP contribution in [0, 0.1) is 0 Å². The lowest BCUT2D eigenvalue weighted by atomic mass is 10.0. The molecule has 0 spiro atoms. The number of rotatable bonds is 5. The molecule has 2 nitrogen and oxygen atoms in total. The van der Waals surface area contributed by atoms with Gasteiger partial charge in [-0.3, -0.25) is 0 Å². The van der Waals surface area contributed by atoms with E-state index in [9.17, 15) is 13.2 Å². The third-order valence-corrected chi connectivity index (χ3v) is 3.20. The minimum Gasteiger partial charge on any atom is -0.329 e. The molecular weight excluding hydrogens is 277 g/mol. The van der Waals surface area contributed by atoms with E-state index in [1.54, 1.807) is 0 Å². The van der Waals surface area contributed by atoms with E-state index in [0.717, 1.165) is 16.7 Å². The Morgan fingerprint density at radius 3 is 2.00 bits per heavy atom. The molecule has 0 saturated carbocycles. The van der Waals surface area contributed by atoms with Gasteiger partial charge in [0, 0.05) is 12.6 Å². The largest absolute Gasteiger partial charge is 0.401 e. The lowest BCUT2D eigenvalue weighted by Crippen LogP contribution is -2.35. The average molecular weight is 294 g/mol. The number of nitrogens with one attached hydrogen (secondary N) is 1. The van der Waals surface area contributed by atoms with Gasteiger partial charge in [0.1, 0.15) is 0 Å². The van der Waals surface area contributed by atoms with Crippen molar-refractivity contribution in [2.75, 3.05) is 13.1 Å². The van der Waals surface area contributed by atoms with Crippen LogP contribution in [-0.4, -0.2) is 19.3 Å². The van der Waals surface area contributed by atoms with E-state index in [-0.39, 0.29) is 6.54 Å². The van der Waals surface area contributed by atoms with E-state index in [1.165, 1.54) is 0 Å². The first-order valence-corrected chi connectivity index (χ1v) is 6.65. The first kappa shape index (κ1) is 15.5. The van der Waals surface area contributed by atoms with Gasteiger partial charge in [0.15, 0.2) is 0 Å². The summed E-state index contributed by atoms with van der Waals surface area (Å²) in [5, 5.41) is 2.43. The Morgan fingerprint density at radius 2 is 1.48 bits per heavy atom. The fourth-order valence-corrected chi connectivity index (χ4v) is 2.11. The highest BCUT2D eigenvalue weighted by Gasteiger charge is 2.28. The zero-order valence-electron chi connectivity index (χ0n) is 11.4. The molecule has 112 valence electrons. The minimum absolute atomic E-state index is 0.112. The third-order valence-electron chi connectivity index (χ3n) is 3.20. The summed E-state index contributed by atoms with van der Waals surface area (Å²) in [5.41, 5.74) is 8.39. The van der Waals surface area contributed by atoms with Gasteiger partial charge in [0.05, 0.1) is 6.54 Å². The third kappa shape index (κ3) is 4.58. The molecule has 0 radical (unpaired) electrons. The number of halogens is 3. The highest BCUT2D eigenvalue weighted by Crippen LogP contribution is 2.22. The molecule has 21 heavy (non-hydrogen) atoms. The van der Waals surface area contributed by atoms with E-state index in [1.807, 2.05) is 54.6 Å². The van der Waals surface area contributed by atoms with Crippen molar-refractivity contribution in [3.63, 3.8) is 0 Å². The lowest BCUT2D eigenvalue weighted by molar-refractivity contribution is -0.126. The normalized spacial score (nSPS) is 13.1. The van der Waals surface area contributed by atoms with Gasteiger partial charge in [-0.15, -0.1) is 0 Å². The van der Waals surface area contributed by atoms with Crippen molar-refractivity contribution < 1.29 is 13.2 Å². The smallest absolute Gasteiger partial charge is 0.329 e. The van der Waals surface area contributed by atoms with Crippen LogP contribution in [0.15, 0.2) is 54.6 Å². The van der Waals surface area contributed by atoms with Crippen molar-refractivity contribution in [2.24, 2.45) is 5.73 Å². The number of benzene rings is 2. The van der Waals surface area contributed by atoms with Gasteiger partial charge < -0.3 is 11.1 Å². The molecule has 2 aromatic rings. The maximum Gasteiger partial charge on any atom is 0.401 e. The first-order valence-electron chi connectivity index (χ1n) is 6.65. The Kier molecular flexibility index (Phi) is 4.98. The molecule has 0 amide bonds. The van der Waals surface area contributed by atoms with Crippen LogP contribution in [0.25, 0.3) is 11.1 Å². The predicted octanol–water partition coefficient (Wildman–Crippen LogP) is 3.51. The molecule has 2 aromatic carbocycles. The average Bonchev–Trinajstić information content (AvgIpc) is 2.48. The standard InChI is InChI=1S/C16H17F3N2/c17-16(18,19)11-21-15(10-20)14-8-6-13(7-9-14)12-4-2-1-3-5-12/h1-9,15,21H,10-11,20H2. The van der Waals surface area contributed by atoms with Gasteiger partial charge >= 0.3 is 6.18 Å². The lowest BCUT2D eigenvalue weighted by Gasteiger charge is -2.18. The maximum absolute atomic E-state index is 12.3. The second-order valence-corrected chi connectivity index (χ2v) is 4.77. The van der Waals surface area contributed by atoms with E-state index < -0.39 is 18.8 Å². The summed E-state index contributed by atoms with van der Waals surface area (Å²) in [6.07, 6.45) is -4.24. The van der Waals surface area contributed by atoms with Crippen molar-refractivity contribution in [1.82, 2.24) is 5.32 Å². The summed E-state index contributed by atoms with van der Waals surface area (Å²) in [4.78, 5) is 0. The van der Waals surface area contributed by atoms with Gasteiger partial charge in [-0.1, -0.05) is 54.6 Å². The second kappa shape index (κ2) is 6.74. The zero-order chi connectivity index (χ0) is 15.3. The van der Waals surface area contributed by atoms with E-state index in [2.05, 4.69) is 5.32 Å². The molecule has 5 heteroatoms. The molecule has 0 aliphatic carbocycles. The molecule has 0 heterocycles. The molecular formula is C16H17F3N2. The van der Waals surface area contributed by atoms with Gasteiger partial charge in [0.25, 0.3) is 0 Å². The fraction of sp³-hybridized carbons (Fsp3) is 0.250. The quantitative estimate of drug-likeness (QED) is 0.885. The monoisotopic (exact) mass is 294 g/mol. The molecule has 0 aliphatic heterocycles. The number of nitrogens with two attached hydrogens (primary N) is 1. The summed E-state index contributed by atoms with van der Waals surface area (Å²) in [7, 11) is 0. The topological polar surface area (TPSA) is 38.0 Å². The Hall–Kier alpha value is -1.85. The molecule has 0 saturated heterocycles. The summed E-state index contributed by atoms with van der Waals surface area (Å²) < 4.78 is 36.8. The van der Waals surface area contributed by atoms with Gasteiger partial charge in [-0.2, -0.15) is 13.2 Å². The Labute approximate surface area is 121 Å². The Bertz CT molecular complexity index is 550. The highest BCUT2D eigenvalue weighted by molar-refractivity contribution is 5.63. The van der Waals surface area contributed by atoms with Crippen LogP contribution in [-0.2, 0) is 0 Å². The van der Waals surface area contributed by atoms with Crippen LogP contribution in [0.3, 0.4) is 0 Å². The zero-order valence-corrected chi connectivity index (χ0v) is 11.4. The molecule has 0 aliphatic rings. The van der Waals surface area contributed by atoms with Gasteiger partial charge in [0.2, 0.25) is 0 Å². The number of alkyl halides is 3.